The molecule has 0 aliphatic carbocycles. The summed E-state index contributed by atoms with van der Waals surface area (Å²) < 4.78 is 50.9. The van der Waals surface area contributed by atoms with Crippen molar-refractivity contribution in [1.82, 2.24) is 9.44 Å². The van der Waals surface area contributed by atoms with Crippen molar-refractivity contribution in [2.75, 3.05) is 36.9 Å². The topological polar surface area (TPSA) is 130 Å². The lowest BCUT2D eigenvalue weighted by atomic mass is 10.2. The van der Waals surface area contributed by atoms with Crippen molar-refractivity contribution in [2.24, 2.45) is 0 Å². The Morgan fingerprint density at radius 2 is 1.86 bits per heavy atom. The van der Waals surface area contributed by atoms with E-state index < -0.39 is 20.0 Å². The van der Waals surface area contributed by atoms with Crippen LogP contribution in [-0.2, 0) is 20.0 Å². The highest BCUT2D eigenvalue weighted by atomic mass is 32.2. The summed E-state index contributed by atoms with van der Waals surface area (Å²) in [6.45, 7) is 2.12. The first-order valence-corrected chi connectivity index (χ1v) is 9.39. The molecule has 0 saturated carbocycles. The van der Waals surface area contributed by atoms with E-state index in [4.69, 9.17) is 5.73 Å². The third kappa shape index (κ3) is 5.16. The van der Waals surface area contributed by atoms with E-state index in [2.05, 4.69) is 14.8 Å². The molecule has 120 valence electrons. The largest absolute Gasteiger partial charge is 0.397 e. The number of nitrogens with one attached hydrogen (secondary N) is 3. The van der Waals surface area contributed by atoms with Gasteiger partial charge in [0.1, 0.15) is 0 Å². The number of nitrogens with two attached hydrogens (primary N) is 1. The minimum atomic E-state index is -3.58. The van der Waals surface area contributed by atoms with E-state index in [0.717, 1.165) is 0 Å². The van der Waals surface area contributed by atoms with Crippen molar-refractivity contribution in [1.29, 1.82) is 0 Å². The number of sulfonamides is 2. The van der Waals surface area contributed by atoms with Gasteiger partial charge in [-0.05, 0) is 25.2 Å². The highest BCUT2D eigenvalue weighted by molar-refractivity contribution is 7.89. The average Bonchev–Trinajstić information content (AvgIpc) is 2.40. The van der Waals surface area contributed by atoms with Gasteiger partial charge in [-0.3, -0.25) is 0 Å². The molecule has 0 amide bonds. The second kappa shape index (κ2) is 7.07. The summed E-state index contributed by atoms with van der Waals surface area (Å²) in [5.41, 5.74) is 6.45. The van der Waals surface area contributed by atoms with E-state index in [1.54, 1.807) is 6.92 Å². The lowest BCUT2D eigenvalue weighted by Crippen LogP contribution is -2.29. The molecule has 0 unspecified atom stereocenters. The quantitative estimate of drug-likeness (QED) is 0.475. The maximum Gasteiger partial charge on any atom is 0.240 e. The Bertz CT molecular complexity index is 686. The molecule has 0 aromatic heterocycles. The molecule has 1 aromatic carbocycles. The van der Waals surface area contributed by atoms with Gasteiger partial charge in [-0.15, -0.1) is 0 Å². The number of hydrogen-bond donors (Lipinski definition) is 4. The van der Waals surface area contributed by atoms with Crippen LogP contribution in [0, 0.1) is 0 Å². The van der Waals surface area contributed by atoms with Crippen LogP contribution in [0.25, 0.3) is 0 Å². The molecule has 1 aromatic rings. The fourth-order valence-electron chi connectivity index (χ4n) is 1.59. The summed E-state index contributed by atoms with van der Waals surface area (Å²) >= 11 is 0. The predicted octanol–water partition coefficient (Wildman–Crippen LogP) is -0.472. The molecule has 0 fully saturated rings. The molecule has 1 rings (SSSR count). The highest BCUT2D eigenvalue weighted by Crippen LogP contribution is 2.22. The van der Waals surface area contributed by atoms with Gasteiger partial charge < -0.3 is 11.1 Å². The molecule has 0 radical (unpaired) electrons. The Labute approximate surface area is 125 Å². The van der Waals surface area contributed by atoms with Crippen LogP contribution in [-0.4, -0.2) is 42.7 Å². The van der Waals surface area contributed by atoms with Crippen LogP contribution in [0.15, 0.2) is 23.1 Å². The van der Waals surface area contributed by atoms with Crippen LogP contribution >= 0.6 is 0 Å². The fourth-order valence-corrected chi connectivity index (χ4v) is 3.30. The molecule has 0 bridgehead atoms. The predicted molar refractivity (Wildman–Crippen MR) is 83.1 cm³/mol. The second-order valence-electron chi connectivity index (χ2n) is 4.20. The number of benzene rings is 1. The van der Waals surface area contributed by atoms with Gasteiger partial charge in [-0.25, -0.2) is 26.3 Å². The van der Waals surface area contributed by atoms with Crippen LogP contribution in [0.4, 0.5) is 11.4 Å². The molecule has 8 nitrogen and oxygen atoms in total. The summed E-state index contributed by atoms with van der Waals surface area (Å²) in [6.07, 6.45) is 0. The highest BCUT2D eigenvalue weighted by Gasteiger charge is 2.14. The number of hydrogen-bond acceptors (Lipinski definition) is 6. The minimum Gasteiger partial charge on any atom is -0.397 e. The molecule has 0 spiro atoms. The Morgan fingerprint density at radius 3 is 2.43 bits per heavy atom. The molecular weight excluding hydrogens is 316 g/mol. The number of rotatable bonds is 8. The van der Waals surface area contributed by atoms with Crippen LogP contribution in [0.5, 0.6) is 0 Å². The van der Waals surface area contributed by atoms with Crippen molar-refractivity contribution < 1.29 is 16.8 Å². The van der Waals surface area contributed by atoms with E-state index in [1.165, 1.54) is 25.2 Å². The van der Waals surface area contributed by atoms with Crippen molar-refractivity contribution in [3.63, 3.8) is 0 Å². The van der Waals surface area contributed by atoms with Gasteiger partial charge in [0.25, 0.3) is 0 Å². The third-order valence-corrected chi connectivity index (χ3v) is 5.54. The zero-order valence-electron chi connectivity index (χ0n) is 11.9. The van der Waals surface area contributed by atoms with Crippen molar-refractivity contribution in [3.8, 4) is 0 Å². The molecule has 0 aliphatic heterocycles. The van der Waals surface area contributed by atoms with Crippen LogP contribution in [0.3, 0.4) is 0 Å². The molecule has 10 heteroatoms. The summed E-state index contributed by atoms with van der Waals surface area (Å²) in [6, 6.07) is 4.19. The first kappa shape index (κ1) is 17.7. The van der Waals surface area contributed by atoms with Gasteiger partial charge in [0.15, 0.2) is 0 Å². The van der Waals surface area contributed by atoms with E-state index in [9.17, 15) is 16.8 Å². The summed E-state index contributed by atoms with van der Waals surface area (Å²) in [5, 5.41) is 2.83. The molecule has 5 N–H and O–H groups in total. The van der Waals surface area contributed by atoms with Gasteiger partial charge in [-0.1, -0.05) is 6.92 Å². The van der Waals surface area contributed by atoms with Gasteiger partial charge in [0.05, 0.1) is 22.0 Å². The fraction of sp³-hybridized carbons (Fsp3) is 0.455. The summed E-state index contributed by atoms with van der Waals surface area (Å²) in [5.74, 6) is -0.136. The van der Waals surface area contributed by atoms with Crippen molar-refractivity contribution >= 4 is 31.4 Å². The second-order valence-corrected chi connectivity index (χ2v) is 8.01. The lowest BCUT2D eigenvalue weighted by molar-refractivity contribution is 0.583. The molecular formula is C11H20N4O4S2. The summed E-state index contributed by atoms with van der Waals surface area (Å²) in [7, 11) is -5.61. The Kier molecular flexibility index (Phi) is 5.96. The Morgan fingerprint density at radius 1 is 1.19 bits per heavy atom. The molecule has 0 atom stereocenters. The summed E-state index contributed by atoms with van der Waals surface area (Å²) in [4.78, 5) is 0.0521. The normalized spacial score (nSPS) is 12.3. The first-order valence-electron chi connectivity index (χ1n) is 6.26. The van der Waals surface area contributed by atoms with Crippen LogP contribution in [0.1, 0.15) is 6.92 Å². The van der Waals surface area contributed by atoms with Crippen LogP contribution in [0.2, 0.25) is 0 Å². The Hall–Kier alpha value is -1.36. The van der Waals surface area contributed by atoms with Crippen molar-refractivity contribution in [3.05, 3.63) is 18.2 Å². The minimum absolute atomic E-state index is 0.0521. The Balaban J connectivity index is 2.83. The smallest absolute Gasteiger partial charge is 0.240 e. The number of anilines is 2. The van der Waals surface area contributed by atoms with E-state index in [0.29, 0.717) is 17.9 Å². The van der Waals surface area contributed by atoms with Gasteiger partial charge in [0.2, 0.25) is 20.0 Å². The zero-order valence-corrected chi connectivity index (χ0v) is 13.5. The standard InChI is InChI=1S/C11H20N4O4S2/c1-3-15-20(16,17)7-6-14-11-8-9(4-5-10(11)12)21(18,19)13-2/h4-5,8,13-15H,3,6-7,12H2,1-2H3. The SMILES string of the molecule is CCNS(=O)(=O)CCNc1cc(S(=O)(=O)NC)ccc1N. The molecule has 0 saturated heterocycles. The van der Waals surface area contributed by atoms with Crippen molar-refractivity contribution in [2.45, 2.75) is 11.8 Å². The van der Waals surface area contributed by atoms with E-state index in [-0.39, 0.29) is 17.2 Å². The first-order chi connectivity index (χ1) is 9.72. The maximum atomic E-state index is 11.7. The van der Waals surface area contributed by atoms with E-state index in [1.807, 2.05) is 0 Å². The monoisotopic (exact) mass is 336 g/mol. The van der Waals surface area contributed by atoms with E-state index >= 15 is 0 Å². The van der Waals surface area contributed by atoms with Gasteiger partial charge in [-0.2, -0.15) is 0 Å². The molecule has 21 heavy (non-hydrogen) atoms. The lowest BCUT2D eigenvalue weighted by Gasteiger charge is -2.12. The van der Waals surface area contributed by atoms with Crippen LogP contribution < -0.4 is 20.5 Å². The average molecular weight is 336 g/mol. The van der Waals surface area contributed by atoms with Gasteiger partial charge in [0, 0.05) is 13.1 Å². The molecule has 0 heterocycles. The number of nitrogen functional groups attached to an aromatic ring is 1. The third-order valence-electron chi connectivity index (χ3n) is 2.65. The zero-order chi connectivity index (χ0) is 16.1. The maximum absolute atomic E-state index is 11.7. The van der Waals surface area contributed by atoms with Gasteiger partial charge >= 0.3 is 0 Å². The molecule has 0 aliphatic rings.